The molecule has 1 nitrogen and oxygen atoms in total. The van der Waals surface area contributed by atoms with E-state index in [-0.39, 0.29) is 0 Å². The average Bonchev–Trinajstić information content (AvgIpc) is 2.20. The fraction of sp³-hybridized carbons (Fsp3) is 0.231. The zero-order chi connectivity index (χ0) is 10.2. The first-order valence-corrected chi connectivity index (χ1v) is 4.98. The molecule has 0 aliphatic carbocycles. The molecule has 1 aromatic rings. The summed E-state index contributed by atoms with van der Waals surface area (Å²) >= 11 is 0. The highest BCUT2D eigenvalue weighted by atomic mass is 14.9. The molecule has 1 aromatic carbocycles. The second-order valence-corrected chi connectivity index (χ2v) is 3.18. The van der Waals surface area contributed by atoms with Crippen molar-refractivity contribution < 1.29 is 0 Å². The Morgan fingerprint density at radius 3 is 2.64 bits per heavy atom. The topological polar surface area (TPSA) is 12.0 Å². The van der Waals surface area contributed by atoms with Crippen molar-refractivity contribution >= 4 is 5.69 Å². The van der Waals surface area contributed by atoms with E-state index in [4.69, 9.17) is 0 Å². The molecule has 0 unspecified atom stereocenters. The second kappa shape index (κ2) is 6.03. The molecule has 0 aromatic heterocycles. The Hall–Kier alpha value is -1.50. The summed E-state index contributed by atoms with van der Waals surface area (Å²) in [6, 6.07) is 10.2. The second-order valence-electron chi connectivity index (χ2n) is 3.18. The predicted octanol–water partition coefficient (Wildman–Crippen LogP) is 3.97. The Morgan fingerprint density at radius 1 is 1.29 bits per heavy atom. The van der Waals surface area contributed by atoms with E-state index in [9.17, 15) is 0 Å². The number of benzene rings is 1. The van der Waals surface area contributed by atoms with Crippen molar-refractivity contribution in [1.29, 1.82) is 0 Å². The molecule has 0 radical (unpaired) electrons. The van der Waals surface area contributed by atoms with Crippen molar-refractivity contribution in [3.8, 4) is 0 Å². The van der Waals surface area contributed by atoms with Gasteiger partial charge in [0.2, 0.25) is 0 Å². The smallest absolute Gasteiger partial charge is 0.0381 e. The van der Waals surface area contributed by atoms with Gasteiger partial charge in [-0.05, 0) is 31.6 Å². The number of nitrogens with one attached hydrogen (secondary N) is 1. The molecule has 0 bridgehead atoms. The molecule has 0 aliphatic heterocycles. The van der Waals surface area contributed by atoms with Crippen LogP contribution in [-0.2, 0) is 0 Å². The van der Waals surface area contributed by atoms with Gasteiger partial charge in [-0.2, -0.15) is 0 Å². The van der Waals surface area contributed by atoms with Crippen LogP contribution in [0.2, 0.25) is 0 Å². The molecule has 0 aliphatic rings. The third kappa shape index (κ3) is 3.94. The molecule has 14 heavy (non-hydrogen) atoms. The summed E-state index contributed by atoms with van der Waals surface area (Å²) < 4.78 is 0. The lowest BCUT2D eigenvalue weighted by Crippen LogP contribution is -1.93. The molecule has 0 saturated carbocycles. The van der Waals surface area contributed by atoms with E-state index in [0.717, 1.165) is 17.8 Å². The van der Waals surface area contributed by atoms with Crippen LogP contribution >= 0.6 is 0 Å². The number of anilines is 1. The third-order valence-corrected chi connectivity index (χ3v) is 1.83. The molecule has 0 atom stereocenters. The van der Waals surface area contributed by atoms with Gasteiger partial charge in [0.05, 0.1) is 0 Å². The van der Waals surface area contributed by atoms with Gasteiger partial charge in [0.25, 0.3) is 0 Å². The van der Waals surface area contributed by atoms with E-state index < -0.39 is 0 Å². The van der Waals surface area contributed by atoms with E-state index in [2.05, 4.69) is 49.5 Å². The standard InChI is InChI=1S/C13H17N/c1-3-4-6-9-12(2)14-13-10-7-5-8-11-13/h4-11,14H,3H2,1-2H3/b6-4-,12-9+. The maximum Gasteiger partial charge on any atom is 0.0381 e. The number of para-hydroxylation sites is 1. The van der Waals surface area contributed by atoms with Crippen LogP contribution in [-0.4, -0.2) is 0 Å². The minimum Gasteiger partial charge on any atom is -0.359 e. The van der Waals surface area contributed by atoms with Gasteiger partial charge < -0.3 is 5.32 Å². The Morgan fingerprint density at radius 2 is 2.00 bits per heavy atom. The van der Waals surface area contributed by atoms with Gasteiger partial charge in [0.15, 0.2) is 0 Å². The molecule has 0 heterocycles. The number of hydrogen-bond donors (Lipinski definition) is 1. The highest BCUT2D eigenvalue weighted by Crippen LogP contribution is 2.08. The normalized spacial score (nSPS) is 12.0. The summed E-state index contributed by atoms with van der Waals surface area (Å²) in [5.41, 5.74) is 2.28. The molecule has 74 valence electrons. The van der Waals surface area contributed by atoms with Crippen molar-refractivity contribution in [2.24, 2.45) is 0 Å². The third-order valence-electron chi connectivity index (χ3n) is 1.83. The summed E-state index contributed by atoms with van der Waals surface area (Å²) in [6.45, 7) is 4.19. The summed E-state index contributed by atoms with van der Waals surface area (Å²) in [4.78, 5) is 0. The average molecular weight is 187 g/mol. The maximum absolute atomic E-state index is 3.31. The molecule has 0 saturated heterocycles. The lowest BCUT2D eigenvalue weighted by molar-refractivity contribution is 1.22. The SMILES string of the molecule is CC/C=C\C=C(/C)Nc1ccccc1. The van der Waals surface area contributed by atoms with Crippen molar-refractivity contribution in [3.63, 3.8) is 0 Å². The van der Waals surface area contributed by atoms with Crippen molar-refractivity contribution in [1.82, 2.24) is 0 Å². The molecule has 1 rings (SSSR count). The molecule has 0 fully saturated rings. The van der Waals surface area contributed by atoms with E-state index in [1.165, 1.54) is 0 Å². The number of rotatable bonds is 4. The first-order valence-electron chi connectivity index (χ1n) is 4.98. The Bertz CT molecular complexity index is 309. The number of allylic oxidation sites excluding steroid dienone is 4. The maximum atomic E-state index is 3.31. The predicted molar refractivity (Wildman–Crippen MR) is 63.3 cm³/mol. The zero-order valence-electron chi connectivity index (χ0n) is 8.83. The van der Waals surface area contributed by atoms with Crippen molar-refractivity contribution in [3.05, 3.63) is 54.3 Å². The van der Waals surface area contributed by atoms with Gasteiger partial charge in [-0.25, -0.2) is 0 Å². The zero-order valence-corrected chi connectivity index (χ0v) is 8.83. The fourth-order valence-corrected chi connectivity index (χ4v) is 1.14. The minimum atomic E-state index is 1.08. The van der Waals surface area contributed by atoms with Crippen LogP contribution < -0.4 is 5.32 Å². The minimum absolute atomic E-state index is 1.08. The van der Waals surface area contributed by atoms with Crippen LogP contribution in [0.15, 0.2) is 54.3 Å². The van der Waals surface area contributed by atoms with Crippen LogP contribution in [0, 0.1) is 0 Å². The first kappa shape index (κ1) is 10.6. The molecule has 1 heteroatoms. The van der Waals surface area contributed by atoms with Gasteiger partial charge in [-0.3, -0.25) is 0 Å². The van der Waals surface area contributed by atoms with E-state index in [1.54, 1.807) is 0 Å². The Balaban J connectivity index is 2.53. The molecular formula is C13H17N. The summed E-state index contributed by atoms with van der Waals surface area (Å²) in [5.74, 6) is 0. The largest absolute Gasteiger partial charge is 0.359 e. The lowest BCUT2D eigenvalue weighted by atomic mass is 10.3. The Kier molecular flexibility index (Phi) is 4.56. The van der Waals surface area contributed by atoms with Crippen LogP contribution in [0.1, 0.15) is 20.3 Å². The molecular weight excluding hydrogens is 170 g/mol. The van der Waals surface area contributed by atoms with Crippen LogP contribution in [0.5, 0.6) is 0 Å². The molecule has 0 amide bonds. The fourth-order valence-electron chi connectivity index (χ4n) is 1.14. The van der Waals surface area contributed by atoms with Gasteiger partial charge in [0, 0.05) is 11.4 Å². The highest BCUT2D eigenvalue weighted by Gasteiger charge is 1.88. The van der Waals surface area contributed by atoms with E-state index in [1.807, 2.05) is 18.2 Å². The lowest BCUT2D eigenvalue weighted by Gasteiger charge is -2.04. The first-order chi connectivity index (χ1) is 6.83. The quantitative estimate of drug-likeness (QED) is 0.703. The van der Waals surface area contributed by atoms with Gasteiger partial charge >= 0.3 is 0 Å². The summed E-state index contributed by atoms with van der Waals surface area (Å²) in [6.07, 6.45) is 7.37. The summed E-state index contributed by atoms with van der Waals surface area (Å²) in [5, 5.41) is 3.31. The van der Waals surface area contributed by atoms with Crippen molar-refractivity contribution in [2.75, 3.05) is 5.32 Å². The van der Waals surface area contributed by atoms with Crippen LogP contribution in [0.25, 0.3) is 0 Å². The molecule has 0 spiro atoms. The van der Waals surface area contributed by atoms with Gasteiger partial charge in [-0.15, -0.1) is 0 Å². The van der Waals surface area contributed by atoms with Crippen LogP contribution in [0.3, 0.4) is 0 Å². The number of hydrogen-bond acceptors (Lipinski definition) is 1. The van der Waals surface area contributed by atoms with Crippen molar-refractivity contribution in [2.45, 2.75) is 20.3 Å². The van der Waals surface area contributed by atoms with Crippen LogP contribution in [0.4, 0.5) is 5.69 Å². The Labute approximate surface area is 86.2 Å². The van der Waals surface area contributed by atoms with E-state index >= 15 is 0 Å². The van der Waals surface area contributed by atoms with Gasteiger partial charge in [-0.1, -0.05) is 37.3 Å². The van der Waals surface area contributed by atoms with E-state index in [0.29, 0.717) is 0 Å². The van der Waals surface area contributed by atoms with Gasteiger partial charge in [0.1, 0.15) is 0 Å². The highest BCUT2D eigenvalue weighted by molar-refractivity contribution is 5.47. The summed E-state index contributed by atoms with van der Waals surface area (Å²) in [7, 11) is 0. The monoisotopic (exact) mass is 187 g/mol. The molecule has 1 N–H and O–H groups in total.